The summed E-state index contributed by atoms with van der Waals surface area (Å²) in [4.78, 5) is 25.4. The molecule has 0 saturated carbocycles. The average molecular weight is 578 g/mol. The van der Waals surface area contributed by atoms with E-state index >= 15 is 0 Å². The second-order valence-corrected chi connectivity index (χ2v) is 11.4. The van der Waals surface area contributed by atoms with Gasteiger partial charge in [-0.1, -0.05) is 91.0 Å². The van der Waals surface area contributed by atoms with Crippen LogP contribution in [0.3, 0.4) is 0 Å². The Morgan fingerprint density at radius 3 is 1.57 bits per heavy atom. The minimum atomic E-state index is -1.39. The van der Waals surface area contributed by atoms with Crippen molar-refractivity contribution in [2.75, 3.05) is 13.1 Å². The topological polar surface area (TPSA) is 140 Å². The third kappa shape index (κ3) is 11.3. The van der Waals surface area contributed by atoms with E-state index in [-0.39, 0.29) is 13.1 Å². The highest BCUT2D eigenvalue weighted by Crippen LogP contribution is 2.15. The van der Waals surface area contributed by atoms with Gasteiger partial charge < -0.3 is 36.0 Å². The van der Waals surface area contributed by atoms with Crippen molar-refractivity contribution in [1.82, 2.24) is 16.0 Å². The lowest BCUT2D eigenvalue weighted by atomic mass is 9.99. The Kier molecular flexibility index (Phi) is 12.5. The van der Waals surface area contributed by atoms with Gasteiger partial charge in [-0.25, -0.2) is 4.79 Å². The van der Waals surface area contributed by atoms with Gasteiger partial charge >= 0.3 is 6.09 Å². The molecule has 3 aromatic carbocycles. The van der Waals surface area contributed by atoms with Gasteiger partial charge in [0.1, 0.15) is 5.60 Å². The van der Waals surface area contributed by atoms with Crippen LogP contribution in [0.1, 0.15) is 43.6 Å². The average Bonchev–Trinajstić information content (AvgIpc) is 2.96. The molecule has 0 bridgehead atoms. The zero-order chi connectivity index (χ0) is 30.5. The summed E-state index contributed by atoms with van der Waals surface area (Å²) in [7, 11) is 0. The molecule has 0 aliphatic carbocycles. The van der Waals surface area contributed by atoms with Crippen LogP contribution in [0, 0.1) is 0 Å². The van der Waals surface area contributed by atoms with Crippen LogP contribution in [0.15, 0.2) is 91.0 Å². The quantitative estimate of drug-likeness (QED) is 0.173. The molecule has 9 heteroatoms. The van der Waals surface area contributed by atoms with Crippen LogP contribution >= 0.6 is 0 Å². The second kappa shape index (κ2) is 16.0. The van der Waals surface area contributed by atoms with Gasteiger partial charge in [0.05, 0.1) is 24.3 Å². The van der Waals surface area contributed by atoms with Crippen LogP contribution in [0.5, 0.6) is 0 Å². The number of aliphatic hydroxyl groups is 3. The maximum Gasteiger partial charge on any atom is 0.407 e. The van der Waals surface area contributed by atoms with Gasteiger partial charge in [0.25, 0.3) is 5.91 Å². The summed E-state index contributed by atoms with van der Waals surface area (Å²) in [6, 6.07) is 26.1. The first-order chi connectivity index (χ1) is 20.0. The molecule has 0 spiro atoms. The van der Waals surface area contributed by atoms with E-state index in [9.17, 15) is 24.9 Å². The van der Waals surface area contributed by atoms with Crippen LogP contribution in [-0.4, -0.2) is 70.3 Å². The Hall–Kier alpha value is -3.76. The van der Waals surface area contributed by atoms with Crippen molar-refractivity contribution in [2.24, 2.45) is 0 Å². The number of ether oxygens (including phenoxy) is 1. The minimum absolute atomic E-state index is 0.0424. The van der Waals surface area contributed by atoms with Gasteiger partial charge in [-0.3, -0.25) is 4.79 Å². The highest BCUT2D eigenvalue weighted by Gasteiger charge is 2.28. The highest BCUT2D eigenvalue weighted by molar-refractivity contribution is 5.82. The molecule has 0 saturated heterocycles. The van der Waals surface area contributed by atoms with E-state index in [0.717, 1.165) is 11.1 Å². The van der Waals surface area contributed by atoms with Crippen molar-refractivity contribution >= 4 is 12.0 Å². The SMILES string of the molecule is CC(C)(C)OC(=O)N[C@@H](Cc1ccccc1)[C@H](O)CNCC(O)[C@H](Cc1ccccc1)NC(=O)[C@@H](O)c1ccccc1. The Morgan fingerprint density at radius 2 is 1.12 bits per heavy atom. The minimum Gasteiger partial charge on any atom is -0.444 e. The number of carbonyl (C=O) groups is 2. The van der Waals surface area contributed by atoms with Gasteiger partial charge in [0, 0.05) is 13.1 Å². The predicted octanol–water partition coefficient (Wildman–Crippen LogP) is 2.89. The third-order valence-corrected chi connectivity index (χ3v) is 6.63. The molecule has 0 aromatic heterocycles. The molecule has 3 rings (SSSR count). The van der Waals surface area contributed by atoms with E-state index in [1.54, 1.807) is 51.1 Å². The third-order valence-electron chi connectivity index (χ3n) is 6.63. The molecule has 6 N–H and O–H groups in total. The fourth-order valence-electron chi connectivity index (χ4n) is 4.47. The molecule has 0 aliphatic rings. The number of benzene rings is 3. The molecular formula is C33H43N3O6. The van der Waals surface area contributed by atoms with Crippen molar-refractivity contribution in [3.8, 4) is 0 Å². The van der Waals surface area contributed by atoms with Gasteiger partial charge in [-0.2, -0.15) is 0 Å². The number of hydrogen-bond donors (Lipinski definition) is 6. The fraction of sp³-hybridized carbons (Fsp3) is 0.394. The molecule has 0 fully saturated rings. The number of hydrogen-bond acceptors (Lipinski definition) is 7. The first-order valence-electron chi connectivity index (χ1n) is 14.2. The Balaban J connectivity index is 1.64. The van der Waals surface area contributed by atoms with Gasteiger partial charge in [-0.15, -0.1) is 0 Å². The van der Waals surface area contributed by atoms with E-state index in [4.69, 9.17) is 4.74 Å². The largest absolute Gasteiger partial charge is 0.444 e. The summed E-state index contributed by atoms with van der Waals surface area (Å²) in [5.41, 5.74) is 1.59. The van der Waals surface area contributed by atoms with E-state index in [2.05, 4.69) is 16.0 Å². The lowest BCUT2D eigenvalue weighted by molar-refractivity contribution is -0.131. The Labute approximate surface area is 247 Å². The van der Waals surface area contributed by atoms with Gasteiger partial charge in [-0.05, 0) is 50.3 Å². The number of carbonyl (C=O) groups excluding carboxylic acids is 2. The highest BCUT2D eigenvalue weighted by atomic mass is 16.6. The molecule has 5 atom stereocenters. The first-order valence-corrected chi connectivity index (χ1v) is 14.2. The van der Waals surface area contributed by atoms with Crippen LogP contribution in [0.4, 0.5) is 4.79 Å². The summed E-state index contributed by atoms with van der Waals surface area (Å²) in [6.45, 7) is 5.40. The van der Waals surface area contributed by atoms with Gasteiger partial charge in [0.15, 0.2) is 6.10 Å². The normalized spacial score (nSPS) is 15.1. The predicted molar refractivity (Wildman–Crippen MR) is 162 cm³/mol. The number of aliphatic hydroxyl groups excluding tert-OH is 3. The van der Waals surface area contributed by atoms with E-state index < -0.39 is 48.0 Å². The van der Waals surface area contributed by atoms with Crippen molar-refractivity contribution in [3.05, 3.63) is 108 Å². The molecule has 1 unspecified atom stereocenters. The van der Waals surface area contributed by atoms with Crippen molar-refractivity contribution < 1.29 is 29.6 Å². The first kappa shape index (κ1) is 32.8. The van der Waals surface area contributed by atoms with Crippen molar-refractivity contribution in [1.29, 1.82) is 0 Å². The van der Waals surface area contributed by atoms with Crippen molar-refractivity contribution in [2.45, 2.75) is 69.6 Å². The lowest BCUT2D eigenvalue weighted by Gasteiger charge is -2.29. The number of alkyl carbamates (subject to hydrolysis) is 1. The fourth-order valence-corrected chi connectivity index (χ4v) is 4.47. The molecule has 2 amide bonds. The summed E-state index contributed by atoms with van der Waals surface area (Å²) < 4.78 is 5.39. The molecule has 3 aromatic rings. The maximum absolute atomic E-state index is 12.9. The monoisotopic (exact) mass is 577 g/mol. The van der Waals surface area contributed by atoms with Crippen LogP contribution in [0.25, 0.3) is 0 Å². The van der Waals surface area contributed by atoms with Crippen LogP contribution in [0.2, 0.25) is 0 Å². The molecule has 0 aliphatic heterocycles. The standard InChI is InChI=1S/C33H43N3O6/c1-33(2,3)42-32(41)36-27(20-24-15-9-5-10-16-24)29(38)22-34-21-28(37)26(19-23-13-7-4-8-14-23)35-31(40)30(39)25-17-11-6-12-18-25/h4-18,26-30,34,37-39H,19-22H2,1-3H3,(H,35,40)(H,36,41)/t26-,27-,28?,29+,30-/m0/s1. The van der Waals surface area contributed by atoms with E-state index in [1.165, 1.54) is 0 Å². The second-order valence-electron chi connectivity index (χ2n) is 11.4. The summed E-state index contributed by atoms with van der Waals surface area (Å²) >= 11 is 0. The summed E-state index contributed by atoms with van der Waals surface area (Å²) in [5, 5.41) is 41.3. The smallest absolute Gasteiger partial charge is 0.407 e. The Morgan fingerprint density at radius 1 is 0.690 bits per heavy atom. The molecule has 226 valence electrons. The maximum atomic E-state index is 12.9. The molecule has 9 nitrogen and oxygen atoms in total. The Bertz CT molecular complexity index is 1220. The summed E-state index contributed by atoms with van der Waals surface area (Å²) in [6.07, 6.45) is -3.37. The van der Waals surface area contributed by atoms with Crippen molar-refractivity contribution in [3.63, 3.8) is 0 Å². The zero-order valence-electron chi connectivity index (χ0n) is 24.4. The molecule has 0 radical (unpaired) electrons. The molecule has 0 heterocycles. The number of nitrogens with one attached hydrogen (secondary N) is 3. The number of rotatable bonds is 14. The van der Waals surface area contributed by atoms with Crippen LogP contribution < -0.4 is 16.0 Å². The zero-order valence-corrected chi connectivity index (χ0v) is 24.4. The summed E-state index contributed by atoms with van der Waals surface area (Å²) in [5.74, 6) is -0.620. The lowest BCUT2D eigenvalue weighted by Crippen LogP contribution is -2.53. The molecule has 42 heavy (non-hydrogen) atoms. The van der Waals surface area contributed by atoms with Crippen LogP contribution in [-0.2, 0) is 22.4 Å². The van der Waals surface area contributed by atoms with E-state index in [0.29, 0.717) is 18.4 Å². The molecular weight excluding hydrogens is 534 g/mol. The number of amides is 2. The van der Waals surface area contributed by atoms with E-state index in [1.807, 2.05) is 60.7 Å². The van der Waals surface area contributed by atoms with Gasteiger partial charge in [0.2, 0.25) is 0 Å².